The summed E-state index contributed by atoms with van der Waals surface area (Å²) >= 11 is 0. The monoisotopic (exact) mass is 176 g/mol. The third-order valence-electron chi connectivity index (χ3n) is 0. The van der Waals surface area contributed by atoms with Gasteiger partial charge in [-0.15, -0.1) is 12.4 Å². The Bertz CT molecular complexity index is 29.5. The van der Waals surface area contributed by atoms with Gasteiger partial charge in [0, 0.05) is 0 Å². The molecule has 0 heterocycles. The number of halogens is 1. The van der Waals surface area contributed by atoms with Crippen LogP contribution in [0.25, 0.3) is 0 Å². The van der Waals surface area contributed by atoms with E-state index in [0.717, 1.165) is 0 Å². The molecule has 0 N–H and O–H groups in total. The van der Waals surface area contributed by atoms with Crippen molar-refractivity contribution < 1.29 is 19.2 Å². The van der Waals surface area contributed by atoms with E-state index in [1.54, 1.807) is 0 Å². The van der Waals surface area contributed by atoms with E-state index in [1.165, 1.54) is 0 Å². The van der Waals surface area contributed by atoms with E-state index in [4.69, 9.17) is 19.2 Å². The van der Waals surface area contributed by atoms with Crippen LogP contribution >= 0.6 is 12.4 Å². The number of hydrogen-bond acceptors (Lipinski definition) is 4. The minimum absolute atomic E-state index is 0. The van der Waals surface area contributed by atoms with Gasteiger partial charge in [0.05, 0.1) is 0 Å². The second kappa shape index (κ2) is 8.88. The molecule has 0 bridgehead atoms. The van der Waals surface area contributed by atoms with E-state index in [-0.39, 0.29) is 58.5 Å². The predicted molar refractivity (Wildman–Crippen MR) is 24.5 cm³/mol. The van der Waals surface area contributed by atoms with Crippen LogP contribution in [0.4, 0.5) is 0 Å². The van der Waals surface area contributed by atoms with E-state index in [9.17, 15) is 0 Å². The van der Waals surface area contributed by atoms with Gasteiger partial charge in [0.25, 0.3) is 0 Å². The second-order valence-electron chi connectivity index (χ2n) is 0.500. The molecule has 8 heavy (non-hydrogen) atoms. The van der Waals surface area contributed by atoms with Crippen LogP contribution in [-0.2, 0) is 0 Å². The summed E-state index contributed by atoms with van der Waals surface area (Å²) in [7, 11) is -5.61. The third kappa shape index (κ3) is 106. The SMILES string of the molecule is Cl.[Mg+2].[Mg+2].[O-][Si]([O-])([O-])[O-]. The van der Waals surface area contributed by atoms with Crippen molar-refractivity contribution in [3.05, 3.63) is 0 Å². The molecule has 0 aromatic carbocycles. The average molecular weight is 177 g/mol. The van der Waals surface area contributed by atoms with Gasteiger partial charge in [0.15, 0.2) is 0 Å². The van der Waals surface area contributed by atoms with Crippen molar-refractivity contribution in [2.75, 3.05) is 0 Å². The molecular weight excluding hydrogens is 176 g/mol. The average Bonchev–Trinajstić information content (AvgIpc) is 0.722. The van der Waals surface area contributed by atoms with Gasteiger partial charge in [-0.2, -0.15) is 0 Å². The van der Waals surface area contributed by atoms with E-state index < -0.39 is 9.05 Å². The zero-order valence-electron chi connectivity index (χ0n) is 3.96. The Kier molecular flexibility index (Phi) is 25.0. The smallest absolute Gasteiger partial charge is 0.894 e. The van der Waals surface area contributed by atoms with Crippen LogP contribution in [0.3, 0.4) is 0 Å². The Morgan fingerprint density at radius 1 is 0.750 bits per heavy atom. The summed E-state index contributed by atoms with van der Waals surface area (Å²) < 4.78 is 0. The van der Waals surface area contributed by atoms with E-state index in [2.05, 4.69) is 0 Å². The maximum atomic E-state index is 8.58. The standard InChI is InChI=1S/ClH.2Mg.O4Si/c;;;1-5(2,3)4/h1H;;;/q;2*+2;-4. The van der Waals surface area contributed by atoms with Crippen LogP contribution < -0.4 is 19.2 Å². The van der Waals surface area contributed by atoms with Crippen molar-refractivity contribution >= 4 is 67.6 Å². The molecule has 0 amide bonds. The molecule has 0 aromatic heterocycles. The molecule has 0 unspecified atom stereocenters. The van der Waals surface area contributed by atoms with Gasteiger partial charge in [-0.1, -0.05) is 0 Å². The molecule has 0 aliphatic carbocycles. The van der Waals surface area contributed by atoms with Gasteiger partial charge in [0.2, 0.25) is 0 Å². The molecule has 0 fully saturated rings. The Balaban J connectivity index is -0.0000000267. The van der Waals surface area contributed by atoms with Crippen LogP contribution in [-0.4, -0.2) is 55.2 Å². The van der Waals surface area contributed by atoms with Crippen molar-refractivity contribution in [3.8, 4) is 0 Å². The zero-order valence-corrected chi connectivity index (χ0v) is 8.60. The largest absolute Gasteiger partial charge is 2.00 e. The zero-order chi connectivity index (χ0) is 4.50. The van der Waals surface area contributed by atoms with E-state index in [0.29, 0.717) is 0 Å². The van der Waals surface area contributed by atoms with Crippen molar-refractivity contribution in [3.63, 3.8) is 0 Å². The Labute approximate surface area is 86.1 Å². The first-order valence-electron chi connectivity index (χ1n) is 0.816. The molecule has 8 heteroatoms. The third-order valence-corrected chi connectivity index (χ3v) is 0. The van der Waals surface area contributed by atoms with Crippen molar-refractivity contribution in [2.45, 2.75) is 0 Å². The molecule has 0 aromatic rings. The summed E-state index contributed by atoms with van der Waals surface area (Å²) in [5.74, 6) is 0. The van der Waals surface area contributed by atoms with Gasteiger partial charge < -0.3 is 28.2 Å². The molecule has 0 saturated heterocycles. The maximum Gasteiger partial charge on any atom is 2.00 e. The molecule has 0 saturated carbocycles. The predicted octanol–water partition coefficient (Wildman–Crippen LogP) is -5.48. The van der Waals surface area contributed by atoms with Crippen molar-refractivity contribution in [2.24, 2.45) is 0 Å². The van der Waals surface area contributed by atoms with Gasteiger partial charge in [0.1, 0.15) is 0 Å². The first-order valence-corrected chi connectivity index (χ1v) is 2.45. The fourth-order valence-corrected chi connectivity index (χ4v) is 0. The maximum absolute atomic E-state index is 8.58. The van der Waals surface area contributed by atoms with Crippen LogP contribution in [0.5, 0.6) is 0 Å². The molecular formula is HClMg2O4Si. The molecule has 0 spiro atoms. The summed E-state index contributed by atoms with van der Waals surface area (Å²) in [5.41, 5.74) is 0. The second-order valence-corrected chi connectivity index (χ2v) is 1.50. The molecule has 0 rings (SSSR count). The van der Waals surface area contributed by atoms with Crippen molar-refractivity contribution in [1.82, 2.24) is 0 Å². The van der Waals surface area contributed by atoms with Crippen LogP contribution in [0, 0.1) is 0 Å². The Morgan fingerprint density at radius 2 is 0.750 bits per heavy atom. The van der Waals surface area contributed by atoms with Gasteiger partial charge in [-0.25, -0.2) is 0 Å². The van der Waals surface area contributed by atoms with Gasteiger partial charge in [-0.05, 0) is 0 Å². The van der Waals surface area contributed by atoms with Crippen molar-refractivity contribution in [1.29, 1.82) is 0 Å². The number of hydrogen-bond donors (Lipinski definition) is 0. The van der Waals surface area contributed by atoms with Crippen LogP contribution in [0.1, 0.15) is 0 Å². The van der Waals surface area contributed by atoms with Crippen LogP contribution in [0.2, 0.25) is 0 Å². The summed E-state index contributed by atoms with van der Waals surface area (Å²) in [6, 6.07) is 0. The molecule has 0 atom stereocenters. The summed E-state index contributed by atoms with van der Waals surface area (Å²) in [6.45, 7) is 0. The normalized spacial score (nSPS) is 7.50. The molecule has 0 aliphatic heterocycles. The minimum Gasteiger partial charge on any atom is -0.894 e. The molecule has 0 aliphatic rings. The minimum atomic E-state index is -5.61. The first kappa shape index (κ1) is 22.5. The van der Waals surface area contributed by atoms with E-state index >= 15 is 0 Å². The summed E-state index contributed by atoms with van der Waals surface area (Å²) in [5, 5.41) is 0. The van der Waals surface area contributed by atoms with Crippen LogP contribution in [0.15, 0.2) is 0 Å². The Hall–Kier alpha value is 1.88. The quantitative estimate of drug-likeness (QED) is 0.345. The summed E-state index contributed by atoms with van der Waals surface area (Å²) in [4.78, 5) is 34.3. The first-order chi connectivity index (χ1) is 2.00. The summed E-state index contributed by atoms with van der Waals surface area (Å²) in [6.07, 6.45) is 0. The van der Waals surface area contributed by atoms with Gasteiger partial charge in [-0.3, -0.25) is 0 Å². The molecule has 4 nitrogen and oxygen atoms in total. The topological polar surface area (TPSA) is 92.2 Å². The molecule has 40 valence electrons. The fourth-order valence-electron chi connectivity index (χ4n) is 0. The van der Waals surface area contributed by atoms with Gasteiger partial charge >= 0.3 is 46.1 Å². The fraction of sp³-hybridized carbons (Fsp3) is 0. The Morgan fingerprint density at radius 3 is 0.750 bits per heavy atom. The number of rotatable bonds is 0. The molecule has 0 radical (unpaired) electrons. The van der Waals surface area contributed by atoms with E-state index in [1.807, 2.05) is 0 Å².